The molecule has 0 saturated carbocycles. The van der Waals surface area contributed by atoms with Crippen LogP contribution in [-0.4, -0.2) is 36.3 Å². The van der Waals surface area contributed by atoms with Crippen molar-refractivity contribution in [2.24, 2.45) is 7.05 Å². The van der Waals surface area contributed by atoms with Crippen molar-refractivity contribution in [1.29, 1.82) is 0 Å². The van der Waals surface area contributed by atoms with Gasteiger partial charge in [-0.3, -0.25) is 0 Å². The molecule has 2 saturated heterocycles. The summed E-state index contributed by atoms with van der Waals surface area (Å²) in [5, 5.41) is 3.62. The van der Waals surface area contributed by atoms with E-state index in [1.165, 1.54) is 19.1 Å². The van der Waals surface area contributed by atoms with Gasteiger partial charge in [0.05, 0.1) is 10.4 Å². The van der Waals surface area contributed by atoms with Crippen molar-refractivity contribution in [3.8, 4) is 0 Å². The van der Waals surface area contributed by atoms with E-state index in [9.17, 15) is 8.42 Å². The van der Waals surface area contributed by atoms with Crippen molar-refractivity contribution in [3.63, 3.8) is 0 Å². The van der Waals surface area contributed by atoms with Gasteiger partial charge in [-0.1, -0.05) is 6.07 Å². The van der Waals surface area contributed by atoms with Crippen molar-refractivity contribution in [3.05, 3.63) is 24.0 Å². The first-order valence-electron chi connectivity index (χ1n) is 7.36. The molecule has 21 heavy (non-hydrogen) atoms. The second kappa shape index (κ2) is 4.30. The summed E-state index contributed by atoms with van der Waals surface area (Å²) in [5.41, 5.74) is 1.51. The minimum absolute atomic E-state index is 0.331. The van der Waals surface area contributed by atoms with Crippen LogP contribution < -0.4 is 5.32 Å². The average molecular weight is 305 g/mol. The van der Waals surface area contributed by atoms with Gasteiger partial charge in [0.15, 0.2) is 9.84 Å². The van der Waals surface area contributed by atoms with Gasteiger partial charge in [-0.25, -0.2) is 13.4 Å². The van der Waals surface area contributed by atoms with E-state index in [4.69, 9.17) is 4.98 Å². The number of benzene rings is 1. The van der Waals surface area contributed by atoms with Gasteiger partial charge < -0.3 is 9.88 Å². The van der Waals surface area contributed by atoms with Crippen molar-refractivity contribution < 1.29 is 8.42 Å². The van der Waals surface area contributed by atoms with Gasteiger partial charge in [-0.05, 0) is 31.4 Å². The molecule has 1 aromatic heterocycles. The molecule has 2 aromatic rings. The maximum atomic E-state index is 12.0. The Kier molecular flexibility index (Phi) is 2.72. The number of nitrogens with zero attached hydrogens (tertiary/aromatic N) is 2. The number of sulfone groups is 1. The van der Waals surface area contributed by atoms with Gasteiger partial charge in [0.2, 0.25) is 0 Å². The first-order chi connectivity index (χ1) is 9.95. The molecule has 0 radical (unpaired) electrons. The number of nitrogens with one attached hydrogen (secondary N) is 1. The summed E-state index contributed by atoms with van der Waals surface area (Å²) in [6, 6.07) is 6.49. The molecule has 0 amide bonds. The Hall–Kier alpha value is -1.40. The van der Waals surface area contributed by atoms with Gasteiger partial charge in [-0.2, -0.15) is 0 Å². The highest BCUT2D eigenvalue weighted by molar-refractivity contribution is 7.91. The highest BCUT2D eigenvalue weighted by Crippen LogP contribution is 2.40. The minimum Gasteiger partial charge on any atom is -0.331 e. The number of para-hydroxylation sites is 1. The molecule has 6 heteroatoms. The summed E-state index contributed by atoms with van der Waals surface area (Å²) in [6.07, 6.45) is 4.79. The van der Waals surface area contributed by atoms with Crippen molar-refractivity contribution in [2.45, 2.75) is 42.2 Å². The van der Waals surface area contributed by atoms with Crippen LogP contribution >= 0.6 is 0 Å². The molecule has 2 fully saturated rings. The molecular weight excluding hydrogens is 286 g/mol. The molecule has 0 spiro atoms. The zero-order valence-corrected chi connectivity index (χ0v) is 13.0. The van der Waals surface area contributed by atoms with Crippen LogP contribution in [0.25, 0.3) is 11.0 Å². The normalized spacial score (nSPS) is 28.6. The van der Waals surface area contributed by atoms with Crippen LogP contribution in [0.2, 0.25) is 0 Å². The maximum absolute atomic E-state index is 12.0. The molecule has 2 aliphatic rings. The fraction of sp³-hybridized carbons (Fsp3) is 0.533. The Morgan fingerprint density at radius 3 is 2.76 bits per heavy atom. The van der Waals surface area contributed by atoms with Crippen LogP contribution in [0, 0.1) is 0 Å². The molecule has 1 aromatic carbocycles. The summed E-state index contributed by atoms with van der Waals surface area (Å²) in [7, 11) is -1.27. The monoisotopic (exact) mass is 305 g/mol. The second-order valence-corrected chi connectivity index (χ2v) is 8.30. The number of hydrogen-bond acceptors (Lipinski definition) is 4. The van der Waals surface area contributed by atoms with E-state index >= 15 is 0 Å². The molecule has 3 heterocycles. The SMILES string of the molecule is Cn1c(C2CC3CCC2N3)nc2c(S(C)(=O)=O)cccc21. The molecule has 5 nitrogen and oxygen atoms in total. The number of rotatable bonds is 2. The van der Waals surface area contributed by atoms with E-state index in [1.807, 2.05) is 13.1 Å². The Labute approximate surface area is 124 Å². The summed E-state index contributed by atoms with van der Waals surface area (Å²) in [4.78, 5) is 5.05. The fourth-order valence-corrected chi connectivity index (χ4v) is 4.77. The Morgan fingerprint density at radius 1 is 1.33 bits per heavy atom. The first-order valence-corrected chi connectivity index (χ1v) is 9.26. The molecule has 0 aliphatic carbocycles. The lowest BCUT2D eigenvalue weighted by atomic mass is 9.88. The number of aryl methyl sites for hydroxylation is 1. The van der Waals surface area contributed by atoms with Crippen LogP contribution in [0.4, 0.5) is 0 Å². The van der Waals surface area contributed by atoms with Gasteiger partial charge in [0.25, 0.3) is 0 Å². The quantitative estimate of drug-likeness (QED) is 0.915. The van der Waals surface area contributed by atoms with E-state index in [-0.39, 0.29) is 0 Å². The maximum Gasteiger partial charge on any atom is 0.177 e. The fourth-order valence-electron chi connectivity index (χ4n) is 3.95. The zero-order valence-electron chi connectivity index (χ0n) is 12.2. The third-order valence-corrected chi connectivity index (χ3v) is 6.07. The summed E-state index contributed by atoms with van der Waals surface area (Å²) < 4.78 is 26.0. The van der Waals surface area contributed by atoms with E-state index < -0.39 is 9.84 Å². The highest BCUT2D eigenvalue weighted by atomic mass is 32.2. The topological polar surface area (TPSA) is 64.0 Å². The lowest BCUT2D eigenvalue weighted by molar-refractivity contribution is 0.478. The summed E-state index contributed by atoms with van der Waals surface area (Å²) in [5.74, 6) is 1.41. The van der Waals surface area contributed by atoms with Gasteiger partial charge in [0.1, 0.15) is 11.3 Å². The number of hydrogen-bond donors (Lipinski definition) is 1. The largest absolute Gasteiger partial charge is 0.331 e. The lowest BCUT2D eigenvalue weighted by Gasteiger charge is -2.19. The molecule has 4 rings (SSSR count). The van der Waals surface area contributed by atoms with Crippen molar-refractivity contribution in [1.82, 2.24) is 14.9 Å². The van der Waals surface area contributed by atoms with Gasteiger partial charge in [0, 0.05) is 31.3 Å². The van der Waals surface area contributed by atoms with Crippen LogP contribution in [0.5, 0.6) is 0 Å². The molecule has 3 atom stereocenters. The highest BCUT2D eigenvalue weighted by Gasteiger charge is 2.42. The van der Waals surface area contributed by atoms with Crippen LogP contribution in [0.1, 0.15) is 31.0 Å². The van der Waals surface area contributed by atoms with Gasteiger partial charge in [-0.15, -0.1) is 0 Å². The molecule has 2 aliphatic heterocycles. The number of fused-ring (bicyclic) bond motifs is 3. The molecule has 112 valence electrons. The predicted molar refractivity (Wildman–Crippen MR) is 81.1 cm³/mol. The van der Waals surface area contributed by atoms with E-state index in [2.05, 4.69) is 9.88 Å². The third-order valence-electron chi connectivity index (χ3n) is 4.94. The molecule has 1 N–H and O–H groups in total. The van der Waals surface area contributed by atoms with Gasteiger partial charge >= 0.3 is 0 Å². The number of aromatic nitrogens is 2. The smallest absolute Gasteiger partial charge is 0.177 e. The van der Waals surface area contributed by atoms with Crippen molar-refractivity contribution in [2.75, 3.05) is 6.26 Å². The summed E-state index contributed by atoms with van der Waals surface area (Å²) in [6.45, 7) is 0. The average Bonchev–Trinajstić information content (AvgIpc) is 3.11. The second-order valence-electron chi connectivity index (χ2n) is 6.31. The molecular formula is C15H19N3O2S. The van der Waals surface area contributed by atoms with Crippen molar-refractivity contribution >= 4 is 20.9 Å². The zero-order chi connectivity index (χ0) is 14.8. The lowest BCUT2D eigenvalue weighted by Crippen LogP contribution is -2.23. The van der Waals surface area contributed by atoms with E-state index in [1.54, 1.807) is 12.1 Å². The van der Waals surface area contributed by atoms with Crippen LogP contribution in [0.3, 0.4) is 0 Å². The molecule has 2 bridgehead atoms. The standard InChI is InChI=1S/C15H19N3O2S/c1-18-12-4-3-5-13(21(2,19)20)14(12)17-15(18)10-8-9-6-7-11(10)16-9/h3-5,9-11,16H,6-8H2,1-2H3. The minimum atomic E-state index is -3.26. The molecule has 3 unspecified atom stereocenters. The first kappa shape index (κ1) is 13.3. The van der Waals surface area contributed by atoms with E-state index in [0.717, 1.165) is 17.8 Å². The third kappa shape index (κ3) is 1.92. The van der Waals surface area contributed by atoms with E-state index in [0.29, 0.717) is 28.4 Å². The number of imidazole rings is 1. The Bertz CT molecular complexity index is 825. The Balaban J connectivity index is 1.90. The summed E-state index contributed by atoms with van der Waals surface area (Å²) >= 11 is 0. The predicted octanol–water partition coefficient (Wildman–Crippen LogP) is 1.58. The van der Waals surface area contributed by atoms with Crippen LogP contribution in [-0.2, 0) is 16.9 Å². The van der Waals surface area contributed by atoms with Crippen LogP contribution in [0.15, 0.2) is 23.1 Å². The Morgan fingerprint density at radius 2 is 2.14 bits per heavy atom.